The molecule has 5 nitrogen and oxygen atoms in total. The number of carbonyl (C=O) groups excluding carboxylic acids is 1. The van der Waals surface area contributed by atoms with Crippen LogP contribution in [0.5, 0.6) is 0 Å². The van der Waals surface area contributed by atoms with E-state index in [2.05, 4.69) is 16.7 Å². The molecule has 2 rings (SSSR count). The van der Waals surface area contributed by atoms with Crippen molar-refractivity contribution in [2.75, 3.05) is 25.0 Å². The lowest BCUT2D eigenvalue weighted by Crippen LogP contribution is -2.54. The van der Waals surface area contributed by atoms with E-state index in [0.717, 1.165) is 0 Å². The van der Waals surface area contributed by atoms with Crippen LogP contribution in [-0.2, 0) is 0 Å². The van der Waals surface area contributed by atoms with Gasteiger partial charge in [0.15, 0.2) is 0 Å². The van der Waals surface area contributed by atoms with Crippen LogP contribution in [0.1, 0.15) is 0 Å². The van der Waals surface area contributed by atoms with Crippen LogP contribution in [-0.4, -0.2) is 36.6 Å². The van der Waals surface area contributed by atoms with Crippen LogP contribution < -0.4 is 10.6 Å². The molecule has 1 aromatic carbocycles. The molecule has 100 valence electrons. The fourth-order valence-corrected chi connectivity index (χ4v) is 2.13. The predicted octanol–water partition coefficient (Wildman–Crippen LogP) is 2.32. The van der Waals surface area contributed by atoms with Gasteiger partial charge in [-0.25, -0.2) is 4.79 Å². The van der Waals surface area contributed by atoms with Gasteiger partial charge in [0.05, 0.1) is 16.1 Å². The second kappa shape index (κ2) is 6.11. The van der Waals surface area contributed by atoms with E-state index < -0.39 is 6.04 Å². The molecule has 1 heterocycles. The summed E-state index contributed by atoms with van der Waals surface area (Å²) in [7, 11) is 0. The highest BCUT2D eigenvalue weighted by molar-refractivity contribution is 6.42. The number of amides is 2. The Kier molecular flexibility index (Phi) is 4.48. The first-order chi connectivity index (χ1) is 9.11. The summed E-state index contributed by atoms with van der Waals surface area (Å²) in [5.74, 6) is 0. The van der Waals surface area contributed by atoms with Gasteiger partial charge in [0, 0.05) is 25.3 Å². The number of halogens is 2. The molecule has 2 N–H and O–H groups in total. The van der Waals surface area contributed by atoms with Gasteiger partial charge < -0.3 is 15.5 Å². The molecule has 19 heavy (non-hydrogen) atoms. The van der Waals surface area contributed by atoms with Gasteiger partial charge in [-0.1, -0.05) is 23.2 Å². The van der Waals surface area contributed by atoms with Crippen molar-refractivity contribution in [3.05, 3.63) is 28.2 Å². The maximum atomic E-state index is 12.1. The number of hydrogen-bond acceptors (Lipinski definition) is 3. The topological polar surface area (TPSA) is 68.2 Å². The minimum absolute atomic E-state index is 0.313. The highest BCUT2D eigenvalue weighted by Crippen LogP contribution is 2.25. The van der Waals surface area contributed by atoms with Gasteiger partial charge in [-0.15, -0.1) is 0 Å². The Hall–Kier alpha value is -1.48. The highest BCUT2D eigenvalue weighted by Gasteiger charge is 2.26. The molecule has 1 atom stereocenters. The predicted molar refractivity (Wildman–Crippen MR) is 74.5 cm³/mol. The summed E-state index contributed by atoms with van der Waals surface area (Å²) in [4.78, 5) is 13.6. The van der Waals surface area contributed by atoms with Crippen LogP contribution in [0.3, 0.4) is 0 Å². The maximum absolute atomic E-state index is 12.1. The summed E-state index contributed by atoms with van der Waals surface area (Å²) in [5, 5.41) is 15.6. The summed E-state index contributed by atoms with van der Waals surface area (Å²) in [6, 6.07) is 6.17. The molecule has 7 heteroatoms. The monoisotopic (exact) mass is 298 g/mol. The first-order valence-corrected chi connectivity index (χ1v) is 6.50. The smallest absolute Gasteiger partial charge is 0.312 e. The summed E-state index contributed by atoms with van der Waals surface area (Å²) in [6.07, 6.45) is 0. The number of nitrogens with one attached hydrogen (secondary N) is 2. The van der Waals surface area contributed by atoms with Crippen molar-refractivity contribution in [1.82, 2.24) is 10.2 Å². The quantitative estimate of drug-likeness (QED) is 0.836. The summed E-state index contributed by atoms with van der Waals surface area (Å²) >= 11 is 11.7. The molecule has 0 spiro atoms. The van der Waals surface area contributed by atoms with Crippen molar-refractivity contribution in [2.24, 2.45) is 0 Å². The Labute approximate surface area is 121 Å². The van der Waals surface area contributed by atoms with Gasteiger partial charge in [-0.3, -0.25) is 0 Å². The summed E-state index contributed by atoms with van der Waals surface area (Å²) < 4.78 is 0. The SMILES string of the molecule is N#CC1CNCCN1C(=O)Nc1ccc(Cl)c(Cl)c1. The fraction of sp³-hybridized carbons (Fsp3) is 0.333. The number of nitrogens with zero attached hydrogens (tertiary/aromatic N) is 2. The average molecular weight is 299 g/mol. The van der Waals surface area contributed by atoms with E-state index in [4.69, 9.17) is 28.5 Å². The number of nitriles is 1. The molecule has 1 aliphatic rings. The fourth-order valence-electron chi connectivity index (χ4n) is 1.83. The van der Waals surface area contributed by atoms with Gasteiger partial charge in [0.25, 0.3) is 0 Å². The number of carbonyl (C=O) groups is 1. The van der Waals surface area contributed by atoms with Crippen molar-refractivity contribution < 1.29 is 4.79 Å². The van der Waals surface area contributed by atoms with Crippen LogP contribution in [0.2, 0.25) is 10.0 Å². The third-order valence-electron chi connectivity index (χ3n) is 2.82. The lowest BCUT2D eigenvalue weighted by atomic mass is 10.2. The van der Waals surface area contributed by atoms with Gasteiger partial charge in [0.1, 0.15) is 6.04 Å². The zero-order valence-electron chi connectivity index (χ0n) is 9.99. The number of hydrogen-bond donors (Lipinski definition) is 2. The van der Waals surface area contributed by atoms with Gasteiger partial charge in [-0.05, 0) is 18.2 Å². The van der Waals surface area contributed by atoms with E-state index in [1.54, 1.807) is 18.2 Å². The van der Waals surface area contributed by atoms with Crippen LogP contribution in [0.15, 0.2) is 18.2 Å². The molecule has 0 aromatic heterocycles. The van der Waals surface area contributed by atoms with Gasteiger partial charge in [-0.2, -0.15) is 5.26 Å². The largest absolute Gasteiger partial charge is 0.323 e. The van der Waals surface area contributed by atoms with Gasteiger partial charge >= 0.3 is 6.03 Å². The first-order valence-electron chi connectivity index (χ1n) is 5.75. The maximum Gasteiger partial charge on any atom is 0.323 e. The van der Waals surface area contributed by atoms with Crippen molar-refractivity contribution >= 4 is 34.9 Å². The zero-order valence-corrected chi connectivity index (χ0v) is 11.5. The number of urea groups is 1. The van der Waals surface area contributed by atoms with E-state index in [9.17, 15) is 4.79 Å². The second-order valence-corrected chi connectivity index (χ2v) is 4.92. The molecule has 0 bridgehead atoms. The summed E-state index contributed by atoms with van der Waals surface area (Å²) in [5.41, 5.74) is 0.551. The molecular weight excluding hydrogens is 287 g/mol. The standard InChI is InChI=1S/C12H12Cl2N4O/c13-10-2-1-8(5-11(10)14)17-12(19)18-4-3-16-7-9(18)6-15/h1-2,5,9,16H,3-4,7H2,(H,17,19). The molecule has 1 aliphatic heterocycles. The van der Waals surface area contributed by atoms with E-state index in [-0.39, 0.29) is 6.03 Å². The Morgan fingerprint density at radius 2 is 2.26 bits per heavy atom. The molecule has 2 amide bonds. The van der Waals surface area contributed by atoms with E-state index >= 15 is 0 Å². The minimum Gasteiger partial charge on any atom is -0.312 e. The third kappa shape index (κ3) is 3.29. The molecule has 0 saturated carbocycles. The normalized spacial score (nSPS) is 18.8. The Bertz CT molecular complexity index is 529. The lowest BCUT2D eigenvalue weighted by Gasteiger charge is -2.31. The van der Waals surface area contributed by atoms with Gasteiger partial charge in [0.2, 0.25) is 0 Å². The molecule has 0 radical (unpaired) electrons. The summed E-state index contributed by atoms with van der Waals surface area (Å²) in [6.45, 7) is 1.64. The minimum atomic E-state index is -0.462. The third-order valence-corrected chi connectivity index (χ3v) is 3.56. The lowest BCUT2D eigenvalue weighted by molar-refractivity contribution is 0.188. The number of rotatable bonds is 1. The van der Waals surface area contributed by atoms with E-state index in [1.807, 2.05) is 0 Å². The average Bonchev–Trinajstić information content (AvgIpc) is 2.43. The zero-order chi connectivity index (χ0) is 13.8. The van der Waals surface area contributed by atoms with Crippen LogP contribution in [0.25, 0.3) is 0 Å². The molecule has 1 fully saturated rings. The second-order valence-electron chi connectivity index (χ2n) is 4.10. The number of piperazine rings is 1. The van der Waals surface area contributed by atoms with E-state index in [1.165, 1.54) is 4.90 Å². The number of anilines is 1. The van der Waals surface area contributed by atoms with Crippen molar-refractivity contribution in [1.29, 1.82) is 5.26 Å². The van der Waals surface area contributed by atoms with Crippen LogP contribution in [0.4, 0.5) is 10.5 Å². The molecular formula is C12H12Cl2N4O. The van der Waals surface area contributed by atoms with Crippen LogP contribution in [0, 0.1) is 11.3 Å². The Balaban J connectivity index is 2.07. The molecule has 1 saturated heterocycles. The first kappa shape index (κ1) is 13.9. The highest BCUT2D eigenvalue weighted by atomic mass is 35.5. The Morgan fingerprint density at radius 1 is 1.47 bits per heavy atom. The Morgan fingerprint density at radius 3 is 2.95 bits per heavy atom. The van der Waals surface area contributed by atoms with Crippen molar-refractivity contribution in [3.63, 3.8) is 0 Å². The molecule has 0 aliphatic carbocycles. The molecule has 1 aromatic rings. The van der Waals surface area contributed by atoms with Crippen molar-refractivity contribution in [3.8, 4) is 6.07 Å². The van der Waals surface area contributed by atoms with Crippen molar-refractivity contribution in [2.45, 2.75) is 6.04 Å². The molecule has 1 unspecified atom stereocenters. The van der Waals surface area contributed by atoms with Crippen LogP contribution >= 0.6 is 23.2 Å². The van der Waals surface area contributed by atoms with E-state index in [0.29, 0.717) is 35.4 Å². The number of benzene rings is 1.